The first-order chi connectivity index (χ1) is 12.1. The Morgan fingerprint density at radius 3 is 2.64 bits per heavy atom. The van der Waals surface area contributed by atoms with Gasteiger partial charge in [0.25, 0.3) is 0 Å². The standard InChI is InChI=1S/C20H22N2O3/c1-13-7-6-10-15-11-17(21-19(13)15)20(24)22-16(12-18(23)25-2)14-8-4-3-5-9-14/h3-10,16-17,21H,11-12H2,1-2H3,(H,22,24)/t16-,17?/m1/s1. The van der Waals surface area contributed by atoms with E-state index in [0.717, 1.165) is 22.4 Å². The highest BCUT2D eigenvalue weighted by molar-refractivity contribution is 5.88. The molecule has 1 aliphatic heterocycles. The van der Waals surface area contributed by atoms with Crippen LogP contribution in [0.3, 0.4) is 0 Å². The summed E-state index contributed by atoms with van der Waals surface area (Å²) in [6.45, 7) is 2.02. The van der Waals surface area contributed by atoms with Crippen LogP contribution in [0.15, 0.2) is 48.5 Å². The van der Waals surface area contributed by atoms with Gasteiger partial charge in [-0.05, 0) is 23.6 Å². The van der Waals surface area contributed by atoms with Crippen LogP contribution in [0, 0.1) is 6.92 Å². The van der Waals surface area contributed by atoms with E-state index in [-0.39, 0.29) is 24.3 Å². The van der Waals surface area contributed by atoms with E-state index >= 15 is 0 Å². The summed E-state index contributed by atoms with van der Waals surface area (Å²) >= 11 is 0. The molecule has 0 radical (unpaired) electrons. The maximum Gasteiger partial charge on any atom is 0.307 e. The largest absolute Gasteiger partial charge is 0.469 e. The average molecular weight is 338 g/mol. The fourth-order valence-corrected chi connectivity index (χ4v) is 3.17. The molecular weight excluding hydrogens is 316 g/mol. The highest BCUT2D eigenvalue weighted by atomic mass is 16.5. The molecule has 0 bridgehead atoms. The van der Waals surface area contributed by atoms with Crippen molar-refractivity contribution >= 4 is 17.6 Å². The van der Waals surface area contributed by atoms with E-state index < -0.39 is 6.04 Å². The van der Waals surface area contributed by atoms with Crippen molar-refractivity contribution in [2.75, 3.05) is 12.4 Å². The minimum Gasteiger partial charge on any atom is -0.469 e. The van der Waals surface area contributed by atoms with E-state index in [1.54, 1.807) is 0 Å². The van der Waals surface area contributed by atoms with E-state index in [4.69, 9.17) is 4.74 Å². The second-order valence-corrected chi connectivity index (χ2v) is 6.26. The average Bonchev–Trinajstić information content (AvgIpc) is 3.07. The van der Waals surface area contributed by atoms with Crippen LogP contribution < -0.4 is 10.6 Å². The first-order valence-corrected chi connectivity index (χ1v) is 8.35. The molecule has 2 N–H and O–H groups in total. The third kappa shape index (κ3) is 3.82. The number of hydrogen-bond donors (Lipinski definition) is 2. The second-order valence-electron chi connectivity index (χ2n) is 6.26. The van der Waals surface area contributed by atoms with E-state index in [1.807, 2.05) is 55.5 Å². The first kappa shape index (κ1) is 17.0. The molecule has 2 atom stereocenters. The molecule has 2 aromatic carbocycles. The van der Waals surface area contributed by atoms with Gasteiger partial charge in [0.2, 0.25) is 5.91 Å². The Bertz CT molecular complexity index is 774. The highest BCUT2D eigenvalue weighted by Crippen LogP contribution is 2.29. The number of para-hydroxylation sites is 1. The number of benzene rings is 2. The number of fused-ring (bicyclic) bond motifs is 1. The molecule has 1 amide bonds. The highest BCUT2D eigenvalue weighted by Gasteiger charge is 2.29. The van der Waals surface area contributed by atoms with Gasteiger partial charge >= 0.3 is 5.97 Å². The maximum atomic E-state index is 12.8. The zero-order valence-corrected chi connectivity index (χ0v) is 14.4. The summed E-state index contributed by atoms with van der Waals surface area (Å²) in [4.78, 5) is 24.5. The van der Waals surface area contributed by atoms with Gasteiger partial charge in [-0.25, -0.2) is 0 Å². The summed E-state index contributed by atoms with van der Waals surface area (Å²) in [7, 11) is 1.35. The van der Waals surface area contributed by atoms with Crippen molar-refractivity contribution in [1.29, 1.82) is 0 Å². The monoisotopic (exact) mass is 338 g/mol. The molecule has 1 aliphatic rings. The zero-order valence-electron chi connectivity index (χ0n) is 14.4. The molecule has 0 aliphatic carbocycles. The van der Waals surface area contributed by atoms with Crippen molar-refractivity contribution in [2.24, 2.45) is 0 Å². The van der Waals surface area contributed by atoms with Crippen molar-refractivity contribution < 1.29 is 14.3 Å². The van der Waals surface area contributed by atoms with Gasteiger partial charge in [-0.3, -0.25) is 9.59 Å². The summed E-state index contributed by atoms with van der Waals surface area (Å²) in [5.41, 5.74) is 4.19. The van der Waals surface area contributed by atoms with E-state index in [0.29, 0.717) is 6.42 Å². The number of amides is 1. The van der Waals surface area contributed by atoms with Crippen LogP contribution >= 0.6 is 0 Å². The minimum atomic E-state index is -0.409. The predicted molar refractivity (Wildman–Crippen MR) is 96.3 cm³/mol. The summed E-state index contributed by atoms with van der Waals surface area (Å²) in [6.07, 6.45) is 0.744. The Balaban J connectivity index is 1.73. The SMILES string of the molecule is COC(=O)C[C@@H](NC(=O)C1Cc2cccc(C)c2N1)c1ccccc1. The molecule has 0 aromatic heterocycles. The number of hydrogen-bond acceptors (Lipinski definition) is 4. The molecule has 1 unspecified atom stereocenters. The number of aryl methyl sites for hydroxylation is 1. The molecule has 3 rings (SSSR count). The van der Waals surface area contributed by atoms with Crippen LogP contribution in [0.2, 0.25) is 0 Å². The number of esters is 1. The molecule has 1 heterocycles. The molecule has 5 heteroatoms. The van der Waals surface area contributed by atoms with E-state index in [1.165, 1.54) is 7.11 Å². The molecule has 0 fully saturated rings. The Labute approximate surface area is 147 Å². The van der Waals surface area contributed by atoms with Crippen LogP contribution in [0.5, 0.6) is 0 Å². The van der Waals surface area contributed by atoms with Crippen molar-refractivity contribution in [3.8, 4) is 0 Å². The number of nitrogens with one attached hydrogen (secondary N) is 2. The third-order valence-corrected chi connectivity index (χ3v) is 4.54. The molecule has 5 nitrogen and oxygen atoms in total. The minimum absolute atomic E-state index is 0.102. The summed E-state index contributed by atoms with van der Waals surface area (Å²) in [5.74, 6) is -0.471. The first-order valence-electron chi connectivity index (χ1n) is 8.35. The summed E-state index contributed by atoms with van der Waals surface area (Å²) in [5, 5.41) is 6.29. The molecule has 0 saturated carbocycles. The van der Waals surface area contributed by atoms with Gasteiger partial charge in [-0.15, -0.1) is 0 Å². The van der Waals surface area contributed by atoms with Crippen LogP contribution in [-0.4, -0.2) is 25.0 Å². The maximum absolute atomic E-state index is 12.8. The van der Waals surface area contributed by atoms with Crippen molar-refractivity contribution in [2.45, 2.75) is 31.8 Å². The number of anilines is 1. The molecule has 2 aromatic rings. The third-order valence-electron chi connectivity index (χ3n) is 4.54. The summed E-state index contributed by atoms with van der Waals surface area (Å²) in [6, 6.07) is 14.8. The number of methoxy groups -OCH3 is 1. The van der Waals surface area contributed by atoms with Crippen LogP contribution in [0.4, 0.5) is 5.69 Å². The molecule has 0 saturated heterocycles. The van der Waals surface area contributed by atoms with Crippen molar-refractivity contribution in [1.82, 2.24) is 5.32 Å². The molecule has 130 valence electrons. The fourth-order valence-electron chi connectivity index (χ4n) is 3.17. The lowest BCUT2D eigenvalue weighted by Crippen LogP contribution is -2.41. The lowest BCUT2D eigenvalue weighted by atomic mass is 10.0. The topological polar surface area (TPSA) is 67.4 Å². The van der Waals surface area contributed by atoms with Gasteiger partial charge < -0.3 is 15.4 Å². The van der Waals surface area contributed by atoms with Gasteiger partial charge in [0, 0.05) is 12.1 Å². The number of carbonyl (C=O) groups excluding carboxylic acids is 2. The van der Waals surface area contributed by atoms with Gasteiger partial charge in [0.15, 0.2) is 0 Å². The van der Waals surface area contributed by atoms with Gasteiger partial charge in [-0.1, -0.05) is 48.5 Å². The van der Waals surface area contributed by atoms with Crippen LogP contribution in [0.1, 0.15) is 29.2 Å². The molecule has 25 heavy (non-hydrogen) atoms. The lowest BCUT2D eigenvalue weighted by molar-refractivity contribution is -0.141. The quantitative estimate of drug-likeness (QED) is 0.823. The predicted octanol–water partition coefficient (Wildman–Crippen LogP) is 2.75. The number of carbonyl (C=O) groups is 2. The van der Waals surface area contributed by atoms with Crippen molar-refractivity contribution in [3.63, 3.8) is 0 Å². The van der Waals surface area contributed by atoms with Gasteiger partial charge in [-0.2, -0.15) is 0 Å². The fraction of sp³-hybridized carbons (Fsp3) is 0.300. The normalized spacial score (nSPS) is 16.5. The van der Waals surface area contributed by atoms with Crippen molar-refractivity contribution in [3.05, 3.63) is 65.2 Å². The Hall–Kier alpha value is -2.82. The smallest absolute Gasteiger partial charge is 0.307 e. The van der Waals surface area contributed by atoms with Crippen LogP contribution in [-0.2, 0) is 20.7 Å². The zero-order chi connectivity index (χ0) is 17.8. The summed E-state index contributed by atoms with van der Waals surface area (Å²) < 4.78 is 4.77. The van der Waals surface area contributed by atoms with E-state index in [9.17, 15) is 9.59 Å². The lowest BCUT2D eigenvalue weighted by Gasteiger charge is -2.21. The van der Waals surface area contributed by atoms with Gasteiger partial charge in [0.1, 0.15) is 6.04 Å². The number of ether oxygens (including phenoxy) is 1. The Morgan fingerprint density at radius 1 is 1.20 bits per heavy atom. The van der Waals surface area contributed by atoms with E-state index in [2.05, 4.69) is 10.6 Å². The van der Waals surface area contributed by atoms with Crippen LogP contribution in [0.25, 0.3) is 0 Å². The number of rotatable bonds is 5. The Morgan fingerprint density at radius 2 is 1.96 bits per heavy atom. The molecular formula is C20H22N2O3. The molecule has 0 spiro atoms. The Kier molecular flexibility index (Phi) is 5.03. The second kappa shape index (κ2) is 7.38. The van der Waals surface area contributed by atoms with Gasteiger partial charge in [0.05, 0.1) is 19.6 Å².